The highest BCUT2D eigenvalue weighted by Gasteiger charge is 2.07. The highest BCUT2D eigenvalue weighted by atomic mass is 79.9. The molecule has 0 aliphatic rings. The van der Waals surface area contributed by atoms with E-state index in [2.05, 4.69) is 31.1 Å². The van der Waals surface area contributed by atoms with E-state index in [-0.39, 0.29) is 0 Å². The molecule has 112 valence electrons. The summed E-state index contributed by atoms with van der Waals surface area (Å²) in [6, 6.07) is 13.8. The molecule has 0 aliphatic carbocycles. The number of H-pyrrole nitrogens is 1. The Balaban J connectivity index is 1.79. The third-order valence-corrected chi connectivity index (χ3v) is 4.55. The fourth-order valence-electron chi connectivity index (χ4n) is 2.14. The summed E-state index contributed by atoms with van der Waals surface area (Å²) in [7, 11) is 0. The lowest BCUT2D eigenvalue weighted by Crippen LogP contribution is -1.95. The Morgan fingerprint density at radius 1 is 1.09 bits per heavy atom. The highest BCUT2D eigenvalue weighted by molar-refractivity contribution is 9.10. The highest BCUT2D eigenvalue weighted by Crippen LogP contribution is 2.24. The van der Waals surface area contributed by atoms with Crippen LogP contribution < -0.4 is 5.73 Å². The zero-order chi connectivity index (χ0) is 15.5. The second-order valence-electron chi connectivity index (χ2n) is 4.93. The van der Waals surface area contributed by atoms with Gasteiger partial charge in [-0.05, 0) is 39.2 Å². The van der Waals surface area contributed by atoms with Gasteiger partial charge < -0.3 is 5.73 Å². The summed E-state index contributed by atoms with van der Waals surface area (Å²) < 4.78 is 0.878. The number of halogens is 2. The molecule has 1 aromatic heterocycles. The first kappa shape index (κ1) is 15.2. The molecule has 1 heterocycles. The quantitative estimate of drug-likeness (QED) is 0.723. The van der Waals surface area contributed by atoms with Crippen molar-refractivity contribution < 1.29 is 0 Å². The van der Waals surface area contributed by atoms with Crippen molar-refractivity contribution in [3.8, 4) is 11.4 Å². The minimum absolute atomic E-state index is 0.533. The molecule has 0 aliphatic heterocycles. The average Bonchev–Trinajstić information content (AvgIpc) is 2.99. The molecule has 0 unspecified atom stereocenters. The lowest BCUT2D eigenvalue weighted by Gasteiger charge is -2.01. The molecule has 0 saturated carbocycles. The average molecular weight is 378 g/mol. The van der Waals surface area contributed by atoms with E-state index in [1.807, 2.05) is 42.5 Å². The predicted molar refractivity (Wildman–Crippen MR) is 91.7 cm³/mol. The van der Waals surface area contributed by atoms with E-state index in [0.717, 1.165) is 27.0 Å². The minimum atomic E-state index is 0.533. The summed E-state index contributed by atoms with van der Waals surface area (Å²) in [5.74, 6) is 1.50. The molecule has 0 saturated heterocycles. The van der Waals surface area contributed by atoms with E-state index in [1.165, 1.54) is 0 Å². The largest absolute Gasteiger partial charge is 0.326 e. The standard InChI is InChI=1S/C16H14BrClN4/c17-13-7-11(3-6-14(13)18)8-15-20-16(22-21-15)12-4-1-10(9-19)2-5-12/h1-7H,8-9,19H2,(H,20,21,22). The number of aromatic nitrogens is 3. The van der Waals surface area contributed by atoms with E-state index >= 15 is 0 Å². The molecule has 3 aromatic rings. The Labute approximate surface area is 141 Å². The first-order valence-corrected chi connectivity index (χ1v) is 7.97. The molecule has 2 aromatic carbocycles. The molecular weight excluding hydrogens is 364 g/mol. The van der Waals surface area contributed by atoms with E-state index in [4.69, 9.17) is 17.3 Å². The van der Waals surface area contributed by atoms with Crippen LogP contribution in [0.4, 0.5) is 0 Å². The van der Waals surface area contributed by atoms with Crippen molar-refractivity contribution in [3.05, 3.63) is 68.9 Å². The minimum Gasteiger partial charge on any atom is -0.326 e. The van der Waals surface area contributed by atoms with Crippen LogP contribution in [0.2, 0.25) is 5.02 Å². The monoisotopic (exact) mass is 376 g/mol. The summed E-state index contributed by atoms with van der Waals surface area (Å²) in [5, 5.41) is 7.95. The van der Waals surface area contributed by atoms with Gasteiger partial charge in [-0.3, -0.25) is 5.10 Å². The van der Waals surface area contributed by atoms with Crippen LogP contribution in [-0.2, 0) is 13.0 Å². The van der Waals surface area contributed by atoms with Crippen molar-refractivity contribution >= 4 is 27.5 Å². The fourth-order valence-corrected chi connectivity index (χ4v) is 2.68. The van der Waals surface area contributed by atoms with Gasteiger partial charge in [-0.15, -0.1) is 0 Å². The summed E-state index contributed by atoms with van der Waals surface area (Å²) >= 11 is 9.43. The second-order valence-corrected chi connectivity index (χ2v) is 6.19. The Morgan fingerprint density at radius 3 is 2.50 bits per heavy atom. The maximum atomic E-state index is 6.00. The molecular formula is C16H14BrClN4. The van der Waals surface area contributed by atoms with Gasteiger partial charge in [0.2, 0.25) is 0 Å². The number of hydrogen-bond donors (Lipinski definition) is 2. The Bertz CT molecular complexity index is 783. The molecule has 0 radical (unpaired) electrons. The first-order chi connectivity index (χ1) is 10.7. The van der Waals surface area contributed by atoms with Crippen LogP contribution >= 0.6 is 27.5 Å². The van der Waals surface area contributed by atoms with E-state index in [9.17, 15) is 0 Å². The van der Waals surface area contributed by atoms with Gasteiger partial charge in [0.1, 0.15) is 5.82 Å². The van der Waals surface area contributed by atoms with Crippen LogP contribution in [0.5, 0.6) is 0 Å². The summed E-state index contributed by atoms with van der Waals surface area (Å²) in [5.41, 5.74) is 8.77. The molecule has 22 heavy (non-hydrogen) atoms. The van der Waals surface area contributed by atoms with Crippen LogP contribution in [-0.4, -0.2) is 15.2 Å². The van der Waals surface area contributed by atoms with Crippen LogP contribution in [0.25, 0.3) is 11.4 Å². The number of benzene rings is 2. The van der Waals surface area contributed by atoms with E-state index in [1.54, 1.807) is 0 Å². The van der Waals surface area contributed by atoms with Crippen LogP contribution in [0.3, 0.4) is 0 Å². The topological polar surface area (TPSA) is 67.6 Å². The van der Waals surface area contributed by atoms with Crippen molar-refractivity contribution in [2.75, 3.05) is 0 Å². The smallest absolute Gasteiger partial charge is 0.181 e. The van der Waals surface area contributed by atoms with Crippen molar-refractivity contribution in [1.29, 1.82) is 0 Å². The Morgan fingerprint density at radius 2 is 1.82 bits per heavy atom. The molecule has 6 heteroatoms. The zero-order valence-electron chi connectivity index (χ0n) is 11.7. The van der Waals surface area contributed by atoms with Crippen LogP contribution in [0.1, 0.15) is 17.0 Å². The van der Waals surface area contributed by atoms with Crippen molar-refractivity contribution in [3.63, 3.8) is 0 Å². The van der Waals surface area contributed by atoms with Gasteiger partial charge in [-0.2, -0.15) is 5.10 Å². The van der Waals surface area contributed by atoms with Crippen LogP contribution in [0.15, 0.2) is 46.9 Å². The normalized spacial score (nSPS) is 10.9. The van der Waals surface area contributed by atoms with Gasteiger partial charge in [-0.1, -0.05) is 41.9 Å². The van der Waals surface area contributed by atoms with Gasteiger partial charge >= 0.3 is 0 Å². The molecule has 0 spiro atoms. The fraction of sp³-hybridized carbons (Fsp3) is 0.125. The third kappa shape index (κ3) is 3.38. The lowest BCUT2D eigenvalue weighted by molar-refractivity contribution is 0.972. The molecule has 0 bridgehead atoms. The van der Waals surface area contributed by atoms with Gasteiger partial charge in [0.05, 0.1) is 5.02 Å². The summed E-state index contributed by atoms with van der Waals surface area (Å²) in [4.78, 5) is 4.54. The maximum Gasteiger partial charge on any atom is 0.181 e. The molecule has 3 N–H and O–H groups in total. The molecule has 3 rings (SSSR count). The molecule has 0 amide bonds. The molecule has 4 nitrogen and oxygen atoms in total. The van der Waals surface area contributed by atoms with Crippen molar-refractivity contribution in [2.45, 2.75) is 13.0 Å². The van der Waals surface area contributed by atoms with Gasteiger partial charge in [0.25, 0.3) is 0 Å². The Hall–Kier alpha value is -1.69. The Kier molecular flexibility index (Phi) is 4.57. The summed E-state index contributed by atoms with van der Waals surface area (Å²) in [6.07, 6.45) is 0.670. The zero-order valence-corrected chi connectivity index (χ0v) is 14.0. The number of aromatic amines is 1. The van der Waals surface area contributed by atoms with Crippen molar-refractivity contribution in [2.24, 2.45) is 5.73 Å². The number of nitrogens with zero attached hydrogens (tertiary/aromatic N) is 2. The first-order valence-electron chi connectivity index (χ1n) is 6.80. The predicted octanol–water partition coefficient (Wildman–Crippen LogP) is 3.94. The van der Waals surface area contributed by atoms with Crippen molar-refractivity contribution in [1.82, 2.24) is 15.2 Å². The van der Waals surface area contributed by atoms with Gasteiger partial charge in [-0.25, -0.2) is 4.98 Å². The maximum absolute atomic E-state index is 6.00. The third-order valence-electron chi connectivity index (χ3n) is 3.34. The van der Waals surface area contributed by atoms with E-state index in [0.29, 0.717) is 23.8 Å². The van der Waals surface area contributed by atoms with E-state index < -0.39 is 0 Å². The van der Waals surface area contributed by atoms with Crippen LogP contribution in [0, 0.1) is 0 Å². The number of rotatable bonds is 4. The molecule has 0 fully saturated rings. The number of hydrogen-bond acceptors (Lipinski definition) is 3. The number of nitrogens with two attached hydrogens (primary N) is 1. The number of nitrogens with one attached hydrogen (secondary N) is 1. The second kappa shape index (κ2) is 6.60. The lowest BCUT2D eigenvalue weighted by atomic mass is 10.1. The van der Waals surface area contributed by atoms with Gasteiger partial charge in [0.15, 0.2) is 5.82 Å². The molecule has 0 atom stereocenters. The summed E-state index contributed by atoms with van der Waals surface area (Å²) in [6.45, 7) is 0.533. The SMILES string of the molecule is NCc1ccc(-c2n[nH]c(Cc3ccc(Cl)c(Br)c3)n2)cc1. The van der Waals surface area contributed by atoms with Gasteiger partial charge in [0, 0.05) is 23.0 Å².